The van der Waals surface area contributed by atoms with Gasteiger partial charge in [0.25, 0.3) is 0 Å². The van der Waals surface area contributed by atoms with E-state index in [1.54, 1.807) is 6.92 Å². The van der Waals surface area contributed by atoms with E-state index in [2.05, 4.69) is 0 Å². The second kappa shape index (κ2) is 6.94. The van der Waals surface area contributed by atoms with Gasteiger partial charge in [-0.3, -0.25) is 9.59 Å². The van der Waals surface area contributed by atoms with E-state index in [9.17, 15) is 9.59 Å². The molecule has 0 amide bonds. The molecule has 0 aliphatic heterocycles. The van der Waals surface area contributed by atoms with Gasteiger partial charge in [0.2, 0.25) is 0 Å². The molecule has 1 aromatic carbocycles. The fourth-order valence-corrected chi connectivity index (χ4v) is 1.78. The Hall–Kier alpha value is -1.64. The summed E-state index contributed by atoms with van der Waals surface area (Å²) >= 11 is 0. The van der Waals surface area contributed by atoms with Gasteiger partial charge in [0, 0.05) is 12.8 Å². The zero-order valence-corrected chi connectivity index (χ0v) is 11.3. The van der Waals surface area contributed by atoms with E-state index >= 15 is 0 Å². The topological polar surface area (TPSA) is 43.4 Å². The van der Waals surface area contributed by atoms with E-state index in [0.29, 0.717) is 13.0 Å². The van der Waals surface area contributed by atoms with Crippen molar-refractivity contribution in [3.8, 4) is 0 Å². The molecule has 0 saturated heterocycles. The summed E-state index contributed by atoms with van der Waals surface area (Å²) in [6.45, 7) is 6.17. The molecule has 1 aromatic rings. The van der Waals surface area contributed by atoms with E-state index in [-0.39, 0.29) is 24.6 Å². The van der Waals surface area contributed by atoms with Crippen LogP contribution in [0.5, 0.6) is 0 Å². The van der Waals surface area contributed by atoms with Crippen molar-refractivity contribution in [1.29, 1.82) is 0 Å². The Labute approximate surface area is 108 Å². The maximum atomic E-state index is 11.8. The molecule has 0 spiro atoms. The summed E-state index contributed by atoms with van der Waals surface area (Å²) in [4.78, 5) is 22.9. The number of carbonyl (C=O) groups excluding carboxylic acids is 2. The molecule has 0 N–H and O–H groups in total. The van der Waals surface area contributed by atoms with Gasteiger partial charge in [-0.15, -0.1) is 0 Å². The minimum absolute atomic E-state index is 0.0803. The van der Waals surface area contributed by atoms with Gasteiger partial charge in [0.05, 0.1) is 13.0 Å². The lowest BCUT2D eigenvalue weighted by atomic mass is 9.98. The molecule has 0 fully saturated rings. The van der Waals surface area contributed by atoms with E-state index in [1.807, 2.05) is 32.0 Å². The lowest BCUT2D eigenvalue weighted by molar-refractivity contribution is -0.144. The van der Waals surface area contributed by atoms with Crippen molar-refractivity contribution in [2.45, 2.75) is 40.0 Å². The zero-order valence-electron chi connectivity index (χ0n) is 11.3. The van der Waals surface area contributed by atoms with Crippen LogP contribution in [0.25, 0.3) is 0 Å². The highest BCUT2D eigenvalue weighted by atomic mass is 16.5. The molecule has 0 unspecified atom stereocenters. The third kappa shape index (κ3) is 4.32. The summed E-state index contributed by atoms with van der Waals surface area (Å²) in [6.07, 6.45) is 0.830. The molecule has 0 aromatic heterocycles. The molecule has 0 aliphatic carbocycles. The minimum atomic E-state index is -0.299. The number of hydrogen-bond donors (Lipinski definition) is 0. The second-order valence-corrected chi connectivity index (χ2v) is 4.38. The number of aryl methyl sites for hydroxylation is 1. The van der Waals surface area contributed by atoms with Crippen LogP contribution >= 0.6 is 0 Å². The van der Waals surface area contributed by atoms with Crippen LogP contribution in [0, 0.1) is 13.8 Å². The van der Waals surface area contributed by atoms with Crippen molar-refractivity contribution in [1.82, 2.24) is 0 Å². The zero-order chi connectivity index (χ0) is 13.5. The molecule has 0 saturated carbocycles. The van der Waals surface area contributed by atoms with Gasteiger partial charge in [-0.2, -0.15) is 0 Å². The average molecular weight is 248 g/mol. The number of carbonyl (C=O) groups is 2. The molecular weight excluding hydrogens is 228 g/mol. The maximum absolute atomic E-state index is 11.8. The van der Waals surface area contributed by atoms with Gasteiger partial charge in [0.1, 0.15) is 5.78 Å². The minimum Gasteiger partial charge on any atom is -0.466 e. The maximum Gasteiger partial charge on any atom is 0.306 e. The Balaban J connectivity index is 2.50. The standard InChI is InChI=1S/C15H20O3/c1-4-18-15(17)9-8-14(16)10-13-7-5-6-11(2)12(13)3/h5-7H,4,8-10H2,1-3H3. The first-order valence-corrected chi connectivity index (χ1v) is 6.27. The molecule has 0 aliphatic rings. The molecule has 3 heteroatoms. The highest BCUT2D eigenvalue weighted by Gasteiger charge is 2.10. The predicted octanol–water partition coefficient (Wildman–Crippen LogP) is 2.76. The van der Waals surface area contributed by atoms with Crippen LogP contribution in [0.15, 0.2) is 18.2 Å². The first-order chi connectivity index (χ1) is 8.54. The van der Waals surface area contributed by atoms with Crippen LogP contribution in [-0.4, -0.2) is 18.4 Å². The van der Waals surface area contributed by atoms with Gasteiger partial charge in [-0.1, -0.05) is 18.2 Å². The van der Waals surface area contributed by atoms with E-state index in [0.717, 1.165) is 11.1 Å². The number of ether oxygens (including phenoxy) is 1. The van der Waals surface area contributed by atoms with Gasteiger partial charge in [0.15, 0.2) is 0 Å². The van der Waals surface area contributed by atoms with Crippen LogP contribution < -0.4 is 0 Å². The third-order valence-electron chi connectivity index (χ3n) is 3.02. The average Bonchev–Trinajstić information content (AvgIpc) is 2.33. The number of benzene rings is 1. The summed E-state index contributed by atoms with van der Waals surface area (Å²) in [5.74, 6) is -0.219. The first-order valence-electron chi connectivity index (χ1n) is 6.27. The monoisotopic (exact) mass is 248 g/mol. The molecular formula is C15H20O3. The van der Waals surface area contributed by atoms with Gasteiger partial charge in [-0.05, 0) is 37.5 Å². The number of Topliss-reactive ketones (excluding diaryl/α,β-unsaturated/α-hetero) is 1. The normalized spacial score (nSPS) is 10.2. The number of rotatable bonds is 6. The van der Waals surface area contributed by atoms with Crippen LogP contribution in [0.1, 0.15) is 36.5 Å². The van der Waals surface area contributed by atoms with E-state index in [1.165, 1.54) is 5.56 Å². The van der Waals surface area contributed by atoms with Crippen LogP contribution in [-0.2, 0) is 20.7 Å². The highest BCUT2D eigenvalue weighted by Crippen LogP contribution is 2.14. The smallest absolute Gasteiger partial charge is 0.306 e. The first kappa shape index (κ1) is 14.4. The van der Waals surface area contributed by atoms with Crippen molar-refractivity contribution < 1.29 is 14.3 Å². The largest absolute Gasteiger partial charge is 0.466 e. The predicted molar refractivity (Wildman–Crippen MR) is 70.5 cm³/mol. The third-order valence-corrected chi connectivity index (χ3v) is 3.02. The SMILES string of the molecule is CCOC(=O)CCC(=O)Cc1cccc(C)c1C. The Bertz CT molecular complexity index is 435. The van der Waals surface area contributed by atoms with Crippen molar-refractivity contribution in [3.05, 3.63) is 34.9 Å². The Kier molecular flexibility index (Phi) is 5.56. The quantitative estimate of drug-likeness (QED) is 0.727. The summed E-state index contributed by atoms with van der Waals surface area (Å²) in [7, 11) is 0. The Morgan fingerprint density at radius 2 is 1.89 bits per heavy atom. The number of esters is 1. The van der Waals surface area contributed by atoms with Crippen LogP contribution in [0.3, 0.4) is 0 Å². The molecule has 3 nitrogen and oxygen atoms in total. The van der Waals surface area contributed by atoms with Crippen molar-refractivity contribution in [3.63, 3.8) is 0 Å². The van der Waals surface area contributed by atoms with E-state index in [4.69, 9.17) is 4.74 Å². The van der Waals surface area contributed by atoms with Crippen molar-refractivity contribution >= 4 is 11.8 Å². The van der Waals surface area contributed by atoms with Crippen molar-refractivity contribution in [2.75, 3.05) is 6.61 Å². The Morgan fingerprint density at radius 1 is 1.17 bits per heavy atom. The molecule has 0 bridgehead atoms. The van der Waals surface area contributed by atoms with Crippen LogP contribution in [0.2, 0.25) is 0 Å². The van der Waals surface area contributed by atoms with Gasteiger partial charge < -0.3 is 4.74 Å². The molecule has 0 radical (unpaired) electrons. The molecule has 18 heavy (non-hydrogen) atoms. The fraction of sp³-hybridized carbons (Fsp3) is 0.467. The summed E-state index contributed by atoms with van der Waals surface area (Å²) in [5, 5.41) is 0. The molecule has 0 atom stereocenters. The van der Waals surface area contributed by atoms with Gasteiger partial charge in [-0.25, -0.2) is 0 Å². The highest BCUT2D eigenvalue weighted by molar-refractivity contribution is 5.84. The van der Waals surface area contributed by atoms with E-state index < -0.39 is 0 Å². The van der Waals surface area contributed by atoms with Crippen LogP contribution in [0.4, 0.5) is 0 Å². The second-order valence-electron chi connectivity index (χ2n) is 4.38. The number of hydrogen-bond acceptors (Lipinski definition) is 3. The summed E-state index contributed by atoms with van der Waals surface area (Å²) in [6, 6.07) is 5.95. The summed E-state index contributed by atoms with van der Waals surface area (Å²) < 4.78 is 4.79. The molecule has 98 valence electrons. The van der Waals surface area contributed by atoms with Gasteiger partial charge >= 0.3 is 5.97 Å². The molecule has 0 heterocycles. The molecule has 1 rings (SSSR count). The fourth-order valence-electron chi connectivity index (χ4n) is 1.78. The van der Waals surface area contributed by atoms with Crippen molar-refractivity contribution in [2.24, 2.45) is 0 Å². The lowest BCUT2D eigenvalue weighted by Crippen LogP contribution is -2.10. The number of ketones is 1. The summed E-state index contributed by atoms with van der Waals surface area (Å²) in [5.41, 5.74) is 3.39. The lowest BCUT2D eigenvalue weighted by Gasteiger charge is -2.07. The Morgan fingerprint density at radius 3 is 2.56 bits per heavy atom.